The Morgan fingerprint density at radius 2 is 2.35 bits per heavy atom. The molecule has 0 fully saturated rings. The number of halogens is 1. The molecule has 1 aromatic carbocycles. The van der Waals surface area contributed by atoms with Gasteiger partial charge < -0.3 is 15.3 Å². The number of amides is 1. The smallest absolute Gasteiger partial charge is 0.219 e. The molecule has 1 heterocycles. The number of aromatic nitrogens is 2. The molecule has 0 saturated heterocycles. The van der Waals surface area contributed by atoms with E-state index in [4.69, 9.17) is 18.0 Å². The normalized spacial score (nSPS) is 12.8. The molecule has 0 spiro atoms. The van der Waals surface area contributed by atoms with Crippen LogP contribution in [0.5, 0.6) is 0 Å². The van der Waals surface area contributed by atoms with Crippen LogP contribution in [-0.2, 0) is 4.79 Å². The van der Waals surface area contributed by atoms with Crippen LogP contribution in [0.3, 0.4) is 0 Å². The van der Waals surface area contributed by atoms with E-state index >= 15 is 0 Å². The zero-order valence-electron chi connectivity index (χ0n) is 9.24. The Morgan fingerprint density at radius 1 is 1.65 bits per heavy atom. The summed E-state index contributed by atoms with van der Waals surface area (Å²) in [6, 6.07) is 4.17. The summed E-state index contributed by atoms with van der Waals surface area (Å²) >= 11 is 5.16. The number of nitrogens with one attached hydrogen (secondary N) is 1. The average Bonchev–Trinajstić information content (AvgIpc) is 2.52. The molecule has 17 heavy (non-hydrogen) atoms. The molecule has 2 aromatic rings. The monoisotopic (exact) mass is 253 g/mol. The van der Waals surface area contributed by atoms with E-state index < -0.39 is 5.91 Å². The number of imidazole rings is 1. The summed E-state index contributed by atoms with van der Waals surface area (Å²) < 4.78 is 15.4. The van der Waals surface area contributed by atoms with Gasteiger partial charge in [0.15, 0.2) is 4.77 Å². The molecule has 1 atom stereocenters. The molecule has 1 aromatic heterocycles. The quantitative estimate of drug-likeness (QED) is 0.824. The van der Waals surface area contributed by atoms with Crippen molar-refractivity contribution in [3.05, 3.63) is 28.8 Å². The molecule has 0 aliphatic heterocycles. The summed E-state index contributed by atoms with van der Waals surface area (Å²) in [6.07, 6.45) is 0.164. The van der Waals surface area contributed by atoms with Gasteiger partial charge in [0.1, 0.15) is 5.82 Å². The van der Waals surface area contributed by atoms with Gasteiger partial charge in [-0.1, -0.05) is 0 Å². The third-order valence-electron chi connectivity index (χ3n) is 2.62. The van der Waals surface area contributed by atoms with E-state index in [1.54, 1.807) is 10.6 Å². The van der Waals surface area contributed by atoms with Crippen LogP contribution in [0.15, 0.2) is 18.2 Å². The van der Waals surface area contributed by atoms with Crippen LogP contribution >= 0.6 is 12.2 Å². The number of hydrogen-bond donors (Lipinski definition) is 2. The molecule has 1 unspecified atom stereocenters. The third kappa shape index (κ3) is 2.21. The van der Waals surface area contributed by atoms with Crippen LogP contribution in [0.2, 0.25) is 0 Å². The van der Waals surface area contributed by atoms with E-state index in [9.17, 15) is 9.18 Å². The lowest BCUT2D eigenvalue weighted by Gasteiger charge is -2.12. The first-order valence-corrected chi connectivity index (χ1v) is 5.58. The van der Waals surface area contributed by atoms with Gasteiger partial charge in [-0.2, -0.15) is 0 Å². The summed E-state index contributed by atoms with van der Waals surface area (Å²) in [5.74, 6) is -0.753. The fraction of sp³-hybridized carbons (Fsp3) is 0.273. The van der Waals surface area contributed by atoms with Gasteiger partial charge in [-0.05, 0) is 37.3 Å². The highest BCUT2D eigenvalue weighted by Gasteiger charge is 2.13. The van der Waals surface area contributed by atoms with Crippen LogP contribution in [0.25, 0.3) is 11.0 Å². The Hall–Kier alpha value is -1.69. The van der Waals surface area contributed by atoms with Crippen molar-refractivity contribution >= 4 is 29.2 Å². The average molecular weight is 253 g/mol. The minimum absolute atomic E-state index is 0.164. The van der Waals surface area contributed by atoms with E-state index in [1.807, 2.05) is 6.92 Å². The minimum atomic E-state index is -0.412. The summed E-state index contributed by atoms with van der Waals surface area (Å²) in [6.45, 7) is 1.82. The Labute approximate surface area is 102 Å². The maximum absolute atomic E-state index is 13.2. The van der Waals surface area contributed by atoms with Gasteiger partial charge >= 0.3 is 0 Å². The number of rotatable bonds is 3. The lowest BCUT2D eigenvalue weighted by molar-refractivity contribution is -0.118. The van der Waals surface area contributed by atoms with Gasteiger partial charge in [-0.25, -0.2) is 4.39 Å². The summed E-state index contributed by atoms with van der Waals surface area (Å²) in [4.78, 5) is 13.9. The molecule has 0 aliphatic carbocycles. The van der Waals surface area contributed by atoms with Gasteiger partial charge in [-0.3, -0.25) is 4.79 Å². The minimum Gasteiger partial charge on any atom is -0.370 e. The van der Waals surface area contributed by atoms with Gasteiger partial charge in [0.05, 0.1) is 11.0 Å². The standard InChI is InChI=1S/C11H12FN3OS/c1-6(4-10(13)16)15-9-5-7(12)2-3-8(9)14-11(15)17/h2-3,5-6H,4H2,1H3,(H2,13,16)(H,14,17). The highest BCUT2D eigenvalue weighted by atomic mass is 32.1. The number of carbonyl (C=O) groups excluding carboxylic acids is 1. The Morgan fingerprint density at radius 3 is 3.00 bits per heavy atom. The number of fused-ring (bicyclic) bond motifs is 1. The van der Waals surface area contributed by atoms with Crippen molar-refractivity contribution < 1.29 is 9.18 Å². The lowest BCUT2D eigenvalue weighted by atomic mass is 10.2. The second-order valence-electron chi connectivity index (χ2n) is 3.98. The van der Waals surface area contributed by atoms with Crippen LogP contribution in [0, 0.1) is 10.6 Å². The fourth-order valence-electron chi connectivity index (χ4n) is 1.91. The molecular weight excluding hydrogens is 241 g/mol. The van der Waals surface area contributed by atoms with Gasteiger partial charge in [-0.15, -0.1) is 0 Å². The van der Waals surface area contributed by atoms with Gasteiger partial charge in [0.25, 0.3) is 0 Å². The van der Waals surface area contributed by atoms with Crippen molar-refractivity contribution in [1.29, 1.82) is 0 Å². The van der Waals surface area contributed by atoms with E-state index in [-0.39, 0.29) is 18.3 Å². The zero-order chi connectivity index (χ0) is 12.6. The van der Waals surface area contributed by atoms with Crippen molar-refractivity contribution in [3.63, 3.8) is 0 Å². The Bertz CT molecular complexity index is 631. The molecule has 90 valence electrons. The molecular formula is C11H12FN3OS. The van der Waals surface area contributed by atoms with Crippen LogP contribution < -0.4 is 5.73 Å². The topological polar surface area (TPSA) is 63.8 Å². The first-order valence-electron chi connectivity index (χ1n) is 5.17. The molecule has 0 aliphatic rings. The number of nitrogens with zero attached hydrogens (tertiary/aromatic N) is 1. The van der Waals surface area contributed by atoms with Gasteiger partial charge in [0, 0.05) is 12.5 Å². The van der Waals surface area contributed by atoms with Crippen molar-refractivity contribution in [2.24, 2.45) is 5.73 Å². The molecule has 3 N–H and O–H groups in total. The van der Waals surface area contributed by atoms with E-state index in [0.717, 1.165) is 5.52 Å². The number of carbonyl (C=O) groups is 1. The molecule has 0 bridgehead atoms. The number of aromatic amines is 1. The third-order valence-corrected chi connectivity index (χ3v) is 2.92. The number of primary amides is 1. The van der Waals surface area contributed by atoms with Crippen LogP contribution in [-0.4, -0.2) is 15.5 Å². The Balaban J connectivity index is 2.59. The maximum atomic E-state index is 13.2. The molecule has 6 heteroatoms. The maximum Gasteiger partial charge on any atom is 0.219 e. The number of benzene rings is 1. The van der Waals surface area contributed by atoms with E-state index in [2.05, 4.69) is 4.98 Å². The molecule has 2 rings (SSSR count). The van der Waals surface area contributed by atoms with Crippen molar-refractivity contribution in [2.75, 3.05) is 0 Å². The molecule has 0 radical (unpaired) electrons. The van der Waals surface area contributed by atoms with E-state index in [0.29, 0.717) is 10.3 Å². The first-order chi connectivity index (χ1) is 7.99. The second kappa shape index (κ2) is 4.29. The second-order valence-corrected chi connectivity index (χ2v) is 4.37. The molecule has 0 saturated carbocycles. The van der Waals surface area contributed by atoms with Crippen molar-refractivity contribution in [3.8, 4) is 0 Å². The summed E-state index contributed by atoms with van der Waals surface area (Å²) in [7, 11) is 0. The molecule has 4 nitrogen and oxygen atoms in total. The van der Waals surface area contributed by atoms with E-state index in [1.165, 1.54) is 12.1 Å². The largest absolute Gasteiger partial charge is 0.370 e. The summed E-state index contributed by atoms with van der Waals surface area (Å²) in [5, 5.41) is 0. The van der Waals surface area contributed by atoms with Gasteiger partial charge in [0.2, 0.25) is 5.91 Å². The predicted octanol–water partition coefficient (Wildman–Crippen LogP) is 2.27. The van der Waals surface area contributed by atoms with Crippen LogP contribution in [0.1, 0.15) is 19.4 Å². The lowest BCUT2D eigenvalue weighted by Crippen LogP contribution is -2.17. The highest BCUT2D eigenvalue weighted by Crippen LogP contribution is 2.21. The number of nitrogens with two attached hydrogens (primary N) is 1. The fourth-order valence-corrected chi connectivity index (χ4v) is 2.30. The SMILES string of the molecule is CC(CC(N)=O)n1c(=S)[nH]c2ccc(F)cc21. The van der Waals surface area contributed by atoms with Crippen molar-refractivity contribution in [1.82, 2.24) is 9.55 Å². The van der Waals surface area contributed by atoms with Crippen LogP contribution in [0.4, 0.5) is 4.39 Å². The number of H-pyrrole nitrogens is 1. The zero-order valence-corrected chi connectivity index (χ0v) is 10.1. The van der Waals surface area contributed by atoms with Crippen molar-refractivity contribution in [2.45, 2.75) is 19.4 Å². The predicted molar refractivity (Wildman–Crippen MR) is 65.6 cm³/mol. The summed E-state index contributed by atoms with van der Waals surface area (Å²) in [5.41, 5.74) is 6.54. The molecule has 1 amide bonds. The Kier molecular flexibility index (Phi) is 2.97. The number of hydrogen-bond acceptors (Lipinski definition) is 2. The first kappa shape index (κ1) is 11.8. The highest BCUT2D eigenvalue weighted by molar-refractivity contribution is 7.71.